The van der Waals surface area contributed by atoms with Crippen LogP contribution in [0.3, 0.4) is 0 Å². The van der Waals surface area contributed by atoms with Crippen LogP contribution in [0.25, 0.3) is 0 Å². The summed E-state index contributed by atoms with van der Waals surface area (Å²) in [4.78, 5) is 11.1. The molecule has 1 fully saturated rings. The molecule has 1 aliphatic rings. The van der Waals surface area contributed by atoms with Crippen molar-refractivity contribution in [1.29, 1.82) is 0 Å². The molecular weight excluding hydrogens is 290 g/mol. The van der Waals surface area contributed by atoms with Gasteiger partial charge in [0.05, 0.1) is 10.5 Å². The average Bonchev–Trinajstić information content (AvgIpc) is 2.89. The molecule has 1 heterocycles. The molecule has 1 atom stereocenters. The first-order valence-electron chi connectivity index (χ1n) is 7.07. The summed E-state index contributed by atoms with van der Waals surface area (Å²) in [6.45, 7) is 6.89. The molecule has 1 aliphatic heterocycles. The van der Waals surface area contributed by atoms with Crippen LogP contribution >= 0.6 is 0 Å². The van der Waals surface area contributed by atoms with E-state index in [0.29, 0.717) is 30.5 Å². The van der Waals surface area contributed by atoms with Crippen LogP contribution in [0.1, 0.15) is 36.2 Å². The molecule has 6 heteroatoms. The first-order chi connectivity index (χ1) is 9.73. The monoisotopic (exact) mass is 311 g/mol. The van der Waals surface area contributed by atoms with Crippen LogP contribution in [0.2, 0.25) is 0 Å². The van der Waals surface area contributed by atoms with Gasteiger partial charge in [0.25, 0.3) is 0 Å². The fraction of sp³-hybridized carbons (Fsp3) is 0.533. The number of benzene rings is 1. The Labute approximate surface area is 125 Å². The molecule has 0 saturated carbocycles. The zero-order valence-electron chi connectivity index (χ0n) is 12.5. The van der Waals surface area contributed by atoms with Crippen molar-refractivity contribution in [2.24, 2.45) is 11.8 Å². The minimum atomic E-state index is -3.62. The summed E-state index contributed by atoms with van der Waals surface area (Å²) in [6.07, 6.45) is 0.856. The number of hydrogen-bond acceptors (Lipinski definition) is 3. The number of nitrogens with zero attached hydrogens (tertiary/aromatic N) is 1. The smallest absolute Gasteiger partial charge is 0.335 e. The lowest BCUT2D eigenvalue weighted by molar-refractivity contribution is 0.0696. The van der Waals surface area contributed by atoms with Crippen molar-refractivity contribution in [3.63, 3.8) is 0 Å². The topological polar surface area (TPSA) is 74.7 Å². The second kappa shape index (κ2) is 5.77. The van der Waals surface area contributed by atoms with Crippen molar-refractivity contribution in [2.45, 2.75) is 32.1 Å². The third kappa shape index (κ3) is 3.11. The van der Waals surface area contributed by atoms with Crippen molar-refractivity contribution in [2.75, 3.05) is 13.1 Å². The first kappa shape index (κ1) is 16.0. The third-order valence-electron chi connectivity index (χ3n) is 4.18. The molecular formula is C15H21NO4S. The van der Waals surface area contributed by atoms with Crippen molar-refractivity contribution in [3.8, 4) is 0 Å². The van der Waals surface area contributed by atoms with Gasteiger partial charge in [-0.15, -0.1) is 0 Å². The molecule has 1 aromatic rings. The molecule has 1 saturated heterocycles. The van der Waals surface area contributed by atoms with Crippen LogP contribution in [0.4, 0.5) is 0 Å². The third-order valence-corrected chi connectivity index (χ3v) is 6.19. The highest BCUT2D eigenvalue weighted by atomic mass is 32.2. The predicted molar refractivity (Wildman–Crippen MR) is 79.8 cm³/mol. The number of aryl methyl sites for hydroxylation is 1. The Hall–Kier alpha value is -1.40. The predicted octanol–water partition coefficient (Wildman–Crippen LogP) is 2.36. The van der Waals surface area contributed by atoms with Crippen molar-refractivity contribution in [3.05, 3.63) is 29.3 Å². The van der Waals surface area contributed by atoms with E-state index in [9.17, 15) is 13.2 Å². The van der Waals surface area contributed by atoms with E-state index >= 15 is 0 Å². The summed E-state index contributed by atoms with van der Waals surface area (Å²) in [5.74, 6) is -0.313. The van der Waals surface area contributed by atoms with E-state index in [-0.39, 0.29) is 10.5 Å². The van der Waals surface area contributed by atoms with E-state index in [1.165, 1.54) is 16.4 Å². The van der Waals surface area contributed by atoms with Gasteiger partial charge in [0.15, 0.2) is 0 Å². The number of carbonyl (C=O) groups is 1. The lowest BCUT2D eigenvalue weighted by atomic mass is 9.96. The SMILES string of the molecule is Cc1ccc(C(=O)O)cc1S(=O)(=O)N1CCC(C(C)C)C1. The van der Waals surface area contributed by atoms with E-state index in [2.05, 4.69) is 13.8 Å². The van der Waals surface area contributed by atoms with Crippen molar-refractivity contribution >= 4 is 16.0 Å². The van der Waals surface area contributed by atoms with Gasteiger partial charge in [-0.1, -0.05) is 19.9 Å². The summed E-state index contributed by atoms with van der Waals surface area (Å²) < 4.78 is 26.9. The van der Waals surface area contributed by atoms with Crippen molar-refractivity contribution in [1.82, 2.24) is 4.31 Å². The standard InChI is InChI=1S/C15H21NO4S/c1-10(2)13-6-7-16(9-13)21(19,20)14-8-12(15(17)18)5-4-11(14)3/h4-5,8,10,13H,6-7,9H2,1-3H3,(H,17,18). The number of aromatic carboxylic acids is 1. The van der Waals surface area contributed by atoms with Crippen LogP contribution in [-0.2, 0) is 10.0 Å². The van der Waals surface area contributed by atoms with Gasteiger partial charge in [-0.25, -0.2) is 13.2 Å². The highest BCUT2D eigenvalue weighted by Crippen LogP contribution is 2.30. The molecule has 1 unspecified atom stereocenters. The van der Waals surface area contributed by atoms with Gasteiger partial charge in [-0.05, 0) is 42.9 Å². The zero-order valence-corrected chi connectivity index (χ0v) is 13.4. The van der Waals surface area contributed by atoms with Gasteiger partial charge in [0, 0.05) is 13.1 Å². The van der Waals surface area contributed by atoms with Gasteiger partial charge >= 0.3 is 5.97 Å². The number of hydrogen-bond donors (Lipinski definition) is 1. The highest BCUT2D eigenvalue weighted by Gasteiger charge is 2.34. The van der Waals surface area contributed by atoms with E-state index in [4.69, 9.17) is 5.11 Å². The van der Waals surface area contributed by atoms with Crippen LogP contribution in [0.15, 0.2) is 23.1 Å². The van der Waals surface area contributed by atoms with Gasteiger partial charge < -0.3 is 5.11 Å². The molecule has 116 valence electrons. The van der Waals surface area contributed by atoms with Crippen LogP contribution in [-0.4, -0.2) is 36.9 Å². The Balaban J connectivity index is 2.36. The summed E-state index contributed by atoms with van der Waals surface area (Å²) in [5.41, 5.74) is 0.576. The fourth-order valence-corrected chi connectivity index (χ4v) is 4.43. The maximum absolute atomic E-state index is 12.7. The lowest BCUT2D eigenvalue weighted by Gasteiger charge is -2.19. The van der Waals surface area contributed by atoms with Gasteiger partial charge in [-0.2, -0.15) is 4.31 Å². The highest BCUT2D eigenvalue weighted by molar-refractivity contribution is 7.89. The maximum atomic E-state index is 12.7. The van der Waals surface area contributed by atoms with Crippen LogP contribution < -0.4 is 0 Å². The zero-order chi connectivity index (χ0) is 15.8. The lowest BCUT2D eigenvalue weighted by Crippen LogP contribution is -2.30. The number of rotatable bonds is 4. The molecule has 0 radical (unpaired) electrons. The van der Waals surface area contributed by atoms with Crippen LogP contribution in [0.5, 0.6) is 0 Å². The van der Waals surface area contributed by atoms with Gasteiger partial charge in [-0.3, -0.25) is 0 Å². The van der Waals surface area contributed by atoms with Gasteiger partial charge in [0.2, 0.25) is 10.0 Å². The quantitative estimate of drug-likeness (QED) is 0.926. The number of carboxylic acid groups (broad SMARTS) is 1. The molecule has 2 rings (SSSR count). The van der Waals surface area contributed by atoms with Crippen molar-refractivity contribution < 1.29 is 18.3 Å². The minimum Gasteiger partial charge on any atom is -0.478 e. The largest absolute Gasteiger partial charge is 0.478 e. The summed E-state index contributed by atoms with van der Waals surface area (Å²) in [5, 5.41) is 9.04. The molecule has 1 N–H and O–H groups in total. The molecule has 1 aromatic carbocycles. The molecule has 0 spiro atoms. The first-order valence-corrected chi connectivity index (χ1v) is 8.51. The second-order valence-electron chi connectivity index (χ2n) is 5.94. The summed E-state index contributed by atoms with van der Waals surface area (Å²) >= 11 is 0. The molecule has 0 amide bonds. The average molecular weight is 311 g/mol. The molecule has 21 heavy (non-hydrogen) atoms. The number of sulfonamides is 1. The Kier molecular flexibility index (Phi) is 4.39. The van der Waals surface area contributed by atoms with Gasteiger partial charge in [0.1, 0.15) is 0 Å². The maximum Gasteiger partial charge on any atom is 0.335 e. The summed E-state index contributed by atoms with van der Waals surface area (Å²) in [7, 11) is -3.62. The normalized spacial score (nSPS) is 20.1. The second-order valence-corrected chi connectivity index (χ2v) is 7.85. The van der Waals surface area contributed by atoms with E-state index in [1.54, 1.807) is 13.0 Å². The van der Waals surface area contributed by atoms with E-state index in [1.807, 2.05) is 0 Å². The van der Waals surface area contributed by atoms with Crippen LogP contribution in [0, 0.1) is 18.8 Å². The number of carboxylic acids is 1. The fourth-order valence-electron chi connectivity index (χ4n) is 2.67. The molecule has 0 aliphatic carbocycles. The molecule has 0 aromatic heterocycles. The van der Waals surface area contributed by atoms with E-state index in [0.717, 1.165) is 6.42 Å². The molecule has 5 nitrogen and oxygen atoms in total. The Morgan fingerprint density at radius 3 is 2.57 bits per heavy atom. The van der Waals surface area contributed by atoms with E-state index < -0.39 is 16.0 Å². The Bertz CT molecular complexity index is 652. The molecule has 0 bridgehead atoms. The Morgan fingerprint density at radius 2 is 2.05 bits per heavy atom. The Morgan fingerprint density at radius 1 is 1.38 bits per heavy atom. The summed E-state index contributed by atoms with van der Waals surface area (Å²) in [6, 6.07) is 4.24. The minimum absolute atomic E-state index is 0.00113.